The highest BCUT2D eigenvalue weighted by Crippen LogP contribution is 2.35. The van der Waals surface area contributed by atoms with Gasteiger partial charge in [0.05, 0.1) is 18.2 Å². The van der Waals surface area contributed by atoms with E-state index in [4.69, 9.17) is 10.5 Å². The molecule has 1 aliphatic heterocycles. The summed E-state index contributed by atoms with van der Waals surface area (Å²) in [6.45, 7) is 0.966. The molecule has 110 valence electrons. The molecule has 0 radical (unpaired) electrons. The summed E-state index contributed by atoms with van der Waals surface area (Å²) in [5.74, 6) is 0. The van der Waals surface area contributed by atoms with Crippen LogP contribution in [0.2, 0.25) is 0 Å². The van der Waals surface area contributed by atoms with Gasteiger partial charge < -0.3 is 21.1 Å². The molecular weight excluding hydrogens is 275 g/mol. The first-order valence-electron chi connectivity index (χ1n) is 5.98. The minimum atomic E-state index is -4.56. The second-order valence-electron chi connectivity index (χ2n) is 4.46. The fourth-order valence-electron chi connectivity index (χ4n) is 1.88. The number of hydrogen-bond acceptors (Lipinski definition) is 3. The summed E-state index contributed by atoms with van der Waals surface area (Å²) in [5, 5.41) is 4.96. The van der Waals surface area contributed by atoms with Gasteiger partial charge in [0, 0.05) is 18.0 Å². The van der Waals surface area contributed by atoms with E-state index in [1.165, 1.54) is 6.07 Å². The van der Waals surface area contributed by atoms with E-state index < -0.39 is 17.8 Å². The zero-order valence-electron chi connectivity index (χ0n) is 10.5. The van der Waals surface area contributed by atoms with Gasteiger partial charge in [-0.25, -0.2) is 4.79 Å². The molecule has 0 aliphatic carbocycles. The third-order valence-corrected chi connectivity index (χ3v) is 2.88. The first-order valence-corrected chi connectivity index (χ1v) is 5.98. The van der Waals surface area contributed by atoms with E-state index in [2.05, 4.69) is 10.6 Å². The van der Waals surface area contributed by atoms with Gasteiger partial charge in [0.15, 0.2) is 0 Å². The van der Waals surface area contributed by atoms with Crippen LogP contribution in [0.15, 0.2) is 18.2 Å². The molecule has 0 bridgehead atoms. The van der Waals surface area contributed by atoms with Crippen LogP contribution in [0.5, 0.6) is 0 Å². The van der Waals surface area contributed by atoms with Crippen molar-refractivity contribution in [3.63, 3.8) is 0 Å². The van der Waals surface area contributed by atoms with Gasteiger partial charge in [-0.3, -0.25) is 0 Å². The molecule has 2 amide bonds. The number of halogens is 3. The van der Waals surface area contributed by atoms with Crippen molar-refractivity contribution in [2.45, 2.75) is 18.6 Å². The van der Waals surface area contributed by atoms with E-state index in [1.807, 2.05) is 0 Å². The number of nitrogens with two attached hydrogens (primary N) is 1. The lowest BCUT2D eigenvalue weighted by Crippen LogP contribution is -2.38. The highest BCUT2D eigenvalue weighted by Gasteiger charge is 2.33. The van der Waals surface area contributed by atoms with Crippen LogP contribution in [-0.4, -0.2) is 25.3 Å². The van der Waals surface area contributed by atoms with Crippen molar-refractivity contribution in [2.75, 3.05) is 24.3 Å². The summed E-state index contributed by atoms with van der Waals surface area (Å²) < 4.78 is 43.1. The number of carbonyl (C=O) groups is 1. The van der Waals surface area contributed by atoms with Crippen molar-refractivity contribution >= 4 is 17.4 Å². The van der Waals surface area contributed by atoms with Gasteiger partial charge in [0.2, 0.25) is 0 Å². The number of anilines is 2. The Balaban J connectivity index is 2.04. The summed E-state index contributed by atoms with van der Waals surface area (Å²) in [5.41, 5.74) is 3.95. The number of alkyl halides is 3. The zero-order chi connectivity index (χ0) is 14.8. The molecule has 1 heterocycles. The van der Waals surface area contributed by atoms with E-state index in [1.54, 1.807) is 0 Å². The van der Waals surface area contributed by atoms with Crippen LogP contribution in [0, 0.1) is 0 Å². The number of rotatable bonds is 2. The highest BCUT2D eigenvalue weighted by molar-refractivity contribution is 5.89. The van der Waals surface area contributed by atoms with Crippen LogP contribution in [-0.2, 0) is 10.9 Å². The zero-order valence-corrected chi connectivity index (χ0v) is 10.5. The summed E-state index contributed by atoms with van der Waals surface area (Å²) >= 11 is 0. The standard InChI is InChI=1S/C12H14F3N3O2/c13-12(14,15)9-5-7(1-2-10(9)16)17-11(19)18-8-3-4-20-6-8/h1-2,5,8H,3-4,6,16H2,(H2,17,18,19). The average Bonchev–Trinajstić information content (AvgIpc) is 2.83. The summed E-state index contributed by atoms with van der Waals surface area (Å²) in [7, 11) is 0. The number of urea groups is 1. The molecule has 5 nitrogen and oxygen atoms in total. The Bertz CT molecular complexity index is 499. The Morgan fingerprint density at radius 2 is 2.15 bits per heavy atom. The molecule has 1 aromatic rings. The molecule has 1 fully saturated rings. The quantitative estimate of drug-likeness (QED) is 0.730. The largest absolute Gasteiger partial charge is 0.418 e. The Kier molecular flexibility index (Phi) is 4.03. The number of benzene rings is 1. The van der Waals surface area contributed by atoms with Gasteiger partial charge in [0.25, 0.3) is 0 Å². The summed E-state index contributed by atoms with van der Waals surface area (Å²) in [6, 6.07) is 2.54. The maximum atomic E-state index is 12.7. The van der Waals surface area contributed by atoms with E-state index >= 15 is 0 Å². The van der Waals surface area contributed by atoms with Crippen molar-refractivity contribution in [1.82, 2.24) is 5.32 Å². The lowest BCUT2D eigenvalue weighted by Gasteiger charge is -2.14. The second kappa shape index (κ2) is 5.58. The van der Waals surface area contributed by atoms with E-state index in [9.17, 15) is 18.0 Å². The molecule has 1 aromatic carbocycles. The van der Waals surface area contributed by atoms with Crippen molar-refractivity contribution in [1.29, 1.82) is 0 Å². The number of nitrogens with one attached hydrogen (secondary N) is 2. The molecule has 8 heteroatoms. The highest BCUT2D eigenvalue weighted by atomic mass is 19.4. The fourth-order valence-corrected chi connectivity index (χ4v) is 1.88. The monoisotopic (exact) mass is 289 g/mol. The van der Waals surface area contributed by atoms with Crippen molar-refractivity contribution in [2.24, 2.45) is 0 Å². The van der Waals surface area contributed by atoms with Gasteiger partial charge in [-0.15, -0.1) is 0 Å². The Labute approximate surface area is 113 Å². The fraction of sp³-hybridized carbons (Fsp3) is 0.417. The Morgan fingerprint density at radius 3 is 2.75 bits per heavy atom. The normalized spacial score (nSPS) is 18.9. The third-order valence-electron chi connectivity index (χ3n) is 2.88. The molecule has 20 heavy (non-hydrogen) atoms. The number of hydrogen-bond donors (Lipinski definition) is 3. The smallest absolute Gasteiger partial charge is 0.398 e. The van der Waals surface area contributed by atoms with Gasteiger partial charge in [0.1, 0.15) is 0 Å². The molecule has 0 saturated carbocycles. The number of carbonyl (C=O) groups excluding carboxylic acids is 1. The molecule has 0 spiro atoms. The Morgan fingerprint density at radius 1 is 1.40 bits per heavy atom. The van der Waals surface area contributed by atoms with Gasteiger partial charge in [-0.1, -0.05) is 0 Å². The minimum Gasteiger partial charge on any atom is -0.398 e. The first kappa shape index (κ1) is 14.4. The third kappa shape index (κ3) is 3.53. The van der Waals surface area contributed by atoms with Crippen LogP contribution in [0.1, 0.15) is 12.0 Å². The molecule has 1 atom stereocenters. The van der Waals surface area contributed by atoms with Crippen LogP contribution in [0.25, 0.3) is 0 Å². The number of amides is 2. The van der Waals surface area contributed by atoms with Gasteiger partial charge in [-0.2, -0.15) is 13.2 Å². The van der Waals surface area contributed by atoms with E-state index in [-0.39, 0.29) is 17.4 Å². The van der Waals surface area contributed by atoms with E-state index in [0.717, 1.165) is 12.1 Å². The average molecular weight is 289 g/mol. The topological polar surface area (TPSA) is 76.4 Å². The Hall–Kier alpha value is -1.96. The molecule has 0 aromatic heterocycles. The predicted molar refractivity (Wildman–Crippen MR) is 67.2 cm³/mol. The van der Waals surface area contributed by atoms with Crippen LogP contribution in [0.4, 0.5) is 29.3 Å². The number of nitrogen functional groups attached to an aromatic ring is 1. The molecule has 4 N–H and O–H groups in total. The van der Waals surface area contributed by atoms with Crippen LogP contribution in [0.3, 0.4) is 0 Å². The SMILES string of the molecule is Nc1ccc(NC(=O)NC2CCOC2)cc1C(F)(F)F. The molecule has 1 unspecified atom stereocenters. The minimum absolute atomic E-state index is 0.0305. The molecule has 2 rings (SSSR count). The van der Waals surface area contributed by atoms with Crippen molar-refractivity contribution in [3.8, 4) is 0 Å². The predicted octanol–water partition coefficient (Wildman–Crippen LogP) is 2.20. The maximum Gasteiger partial charge on any atom is 0.418 e. The lowest BCUT2D eigenvalue weighted by molar-refractivity contribution is -0.136. The van der Waals surface area contributed by atoms with Crippen LogP contribution >= 0.6 is 0 Å². The van der Waals surface area contributed by atoms with Gasteiger partial charge in [-0.05, 0) is 24.6 Å². The molecular formula is C12H14F3N3O2. The maximum absolute atomic E-state index is 12.7. The molecule has 1 saturated heterocycles. The summed E-state index contributed by atoms with van der Waals surface area (Å²) in [6.07, 6.45) is -3.87. The van der Waals surface area contributed by atoms with Crippen molar-refractivity contribution in [3.05, 3.63) is 23.8 Å². The number of ether oxygens (including phenoxy) is 1. The van der Waals surface area contributed by atoms with Crippen LogP contribution < -0.4 is 16.4 Å². The first-order chi connectivity index (χ1) is 9.36. The molecule has 1 aliphatic rings. The van der Waals surface area contributed by atoms with Crippen molar-refractivity contribution < 1.29 is 22.7 Å². The van der Waals surface area contributed by atoms with Gasteiger partial charge >= 0.3 is 12.2 Å². The lowest BCUT2D eigenvalue weighted by atomic mass is 10.1. The van der Waals surface area contributed by atoms with E-state index in [0.29, 0.717) is 19.6 Å². The second-order valence-corrected chi connectivity index (χ2v) is 4.46. The summed E-state index contributed by atoms with van der Waals surface area (Å²) in [4.78, 5) is 11.6.